The van der Waals surface area contributed by atoms with Crippen LogP contribution in [-0.4, -0.2) is 40.3 Å². The molecular formula is C20H25F2N5O2. The van der Waals surface area contributed by atoms with E-state index in [2.05, 4.69) is 5.32 Å². The van der Waals surface area contributed by atoms with E-state index in [1.165, 1.54) is 12.1 Å². The van der Waals surface area contributed by atoms with Gasteiger partial charge in [0.05, 0.1) is 12.6 Å². The first kappa shape index (κ1) is 19.6. The Morgan fingerprint density at radius 3 is 2.79 bits per heavy atom. The van der Waals surface area contributed by atoms with Crippen LogP contribution >= 0.6 is 0 Å². The molecule has 3 heterocycles. The van der Waals surface area contributed by atoms with Crippen LogP contribution in [0.2, 0.25) is 0 Å². The molecule has 29 heavy (non-hydrogen) atoms. The van der Waals surface area contributed by atoms with Gasteiger partial charge in [-0.3, -0.25) is 9.48 Å². The third kappa shape index (κ3) is 3.91. The molecule has 7 nitrogen and oxygen atoms in total. The number of aromatic nitrogens is 2. The first-order valence-corrected chi connectivity index (χ1v) is 9.82. The van der Waals surface area contributed by atoms with Gasteiger partial charge in [-0.15, -0.1) is 0 Å². The van der Waals surface area contributed by atoms with Gasteiger partial charge < -0.3 is 20.7 Å². The summed E-state index contributed by atoms with van der Waals surface area (Å²) in [5, 5.41) is 7.98. The van der Waals surface area contributed by atoms with Crippen LogP contribution in [0.15, 0.2) is 18.2 Å². The minimum absolute atomic E-state index is 0.00730. The van der Waals surface area contributed by atoms with Crippen molar-refractivity contribution < 1.29 is 18.3 Å². The first-order valence-electron chi connectivity index (χ1n) is 9.82. The van der Waals surface area contributed by atoms with Crippen molar-refractivity contribution in [3.8, 4) is 0 Å². The van der Waals surface area contributed by atoms with E-state index in [0.717, 1.165) is 24.1 Å². The smallest absolute Gasteiger partial charge is 0.265 e. The minimum Gasteiger partial charge on any atom is -0.398 e. The Kier molecular flexibility index (Phi) is 5.40. The normalized spacial score (nSPS) is 17.4. The van der Waals surface area contributed by atoms with Crippen LogP contribution < -0.4 is 11.1 Å². The molecule has 0 bridgehead atoms. The number of ether oxygens (including phenoxy) is 1. The quantitative estimate of drug-likeness (QED) is 0.762. The molecule has 9 heteroatoms. The van der Waals surface area contributed by atoms with Gasteiger partial charge in [0, 0.05) is 61.3 Å². The summed E-state index contributed by atoms with van der Waals surface area (Å²) in [6.45, 7) is 4.03. The molecule has 1 aromatic carbocycles. The van der Waals surface area contributed by atoms with Gasteiger partial charge in [0.1, 0.15) is 0 Å². The highest BCUT2D eigenvalue weighted by molar-refractivity contribution is 5.74. The molecule has 156 valence electrons. The van der Waals surface area contributed by atoms with Crippen LogP contribution in [-0.2, 0) is 22.5 Å². The number of amides is 1. The lowest BCUT2D eigenvalue weighted by atomic mass is 10.0. The third-order valence-corrected chi connectivity index (χ3v) is 5.65. The number of nitrogen functional groups attached to an aromatic ring is 1. The van der Waals surface area contributed by atoms with Gasteiger partial charge >= 0.3 is 0 Å². The molecule has 1 fully saturated rings. The Morgan fingerprint density at radius 1 is 1.34 bits per heavy atom. The van der Waals surface area contributed by atoms with Gasteiger partial charge in [0.15, 0.2) is 5.82 Å². The van der Waals surface area contributed by atoms with Crippen LogP contribution in [0.3, 0.4) is 0 Å². The van der Waals surface area contributed by atoms with Crippen molar-refractivity contribution in [2.45, 2.75) is 45.2 Å². The molecule has 0 spiro atoms. The second-order valence-electron chi connectivity index (χ2n) is 7.52. The second kappa shape index (κ2) is 7.98. The summed E-state index contributed by atoms with van der Waals surface area (Å²) < 4.78 is 34.0. The zero-order valence-electron chi connectivity index (χ0n) is 16.3. The van der Waals surface area contributed by atoms with Crippen LogP contribution in [0.4, 0.5) is 26.0 Å². The standard InChI is InChI=1S/C20H25F2N5O2/c1-12(28)26-7-4-18-16(11-26)20(25-27(18)14-5-8-29-9-6-14)24-13-2-3-17(23)15(10-13)19(21)22/h2-3,10,14,19H,4-9,11,23H2,1H3,(H,24,25). The summed E-state index contributed by atoms with van der Waals surface area (Å²) in [6, 6.07) is 4.71. The topological polar surface area (TPSA) is 85.4 Å². The predicted molar refractivity (Wildman–Crippen MR) is 105 cm³/mol. The molecule has 1 amide bonds. The van der Waals surface area contributed by atoms with Gasteiger partial charge in [-0.2, -0.15) is 5.10 Å². The van der Waals surface area contributed by atoms with Gasteiger partial charge in [0.2, 0.25) is 5.91 Å². The molecule has 1 saturated heterocycles. The molecule has 0 aliphatic carbocycles. The lowest BCUT2D eigenvalue weighted by Gasteiger charge is -2.29. The van der Waals surface area contributed by atoms with E-state index >= 15 is 0 Å². The number of anilines is 3. The average Bonchev–Trinajstić information content (AvgIpc) is 3.07. The second-order valence-corrected chi connectivity index (χ2v) is 7.52. The number of nitrogens with one attached hydrogen (secondary N) is 1. The van der Waals surface area contributed by atoms with Crippen molar-refractivity contribution in [2.75, 3.05) is 30.8 Å². The zero-order valence-corrected chi connectivity index (χ0v) is 16.3. The minimum atomic E-state index is -2.65. The number of nitrogens with two attached hydrogens (primary N) is 1. The number of hydrogen-bond acceptors (Lipinski definition) is 5. The number of fused-ring (bicyclic) bond motifs is 1. The Bertz CT molecular complexity index is 909. The lowest BCUT2D eigenvalue weighted by Crippen LogP contribution is -2.35. The number of carbonyl (C=O) groups is 1. The average molecular weight is 405 g/mol. The molecule has 3 N–H and O–H groups in total. The fourth-order valence-corrected chi connectivity index (χ4v) is 4.02. The third-order valence-electron chi connectivity index (χ3n) is 5.65. The Labute approximate surface area is 167 Å². The molecule has 0 saturated carbocycles. The van der Waals surface area contributed by atoms with Crippen molar-refractivity contribution in [1.82, 2.24) is 14.7 Å². The number of hydrogen-bond donors (Lipinski definition) is 2. The highest BCUT2D eigenvalue weighted by Crippen LogP contribution is 2.34. The number of nitrogens with zero attached hydrogens (tertiary/aromatic N) is 3. The molecule has 0 radical (unpaired) electrons. The predicted octanol–water partition coefficient (Wildman–Crippen LogP) is 3.40. The van der Waals surface area contributed by atoms with Crippen LogP contribution in [0.5, 0.6) is 0 Å². The number of halogens is 2. The first-order chi connectivity index (χ1) is 13.9. The summed E-state index contributed by atoms with van der Waals surface area (Å²) in [5.74, 6) is 0.607. The van der Waals surface area contributed by atoms with Crippen molar-refractivity contribution in [2.24, 2.45) is 0 Å². The maximum Gasteiger partial charge on any atom is 0.265 e. The van der Waals surface area contributed by atoms with E-state index in [-0.39, 0.29) is 23.2 Å². The van der Waals surface area contributed by atoms with Crippen molar-refractivity contribution in [1.29, 1.82) is 0 Å². The van der Waals surface area contributed by atoms with E-state index in [0.29, 0.717) is 44.2 Å². The zero-order chi connectivity index (χ0) is 20.5. The summed E-state index contributed by atoms with van der Waals surface area (Å²) in [5.41, 5.74) is 8.04. The molecule has 2 aromatic rings. The largest absolute Gasteiger partial charge is 0.398 e. The highest BCUT2D eigenvalue weighted by Gasteiger charge is 2.29. The van der Waals surface area contributed by atoms with Crippen molar-refractivity contribution >= 4 is 23.1 Å². The Balaban J connectivity index is 1.70. The van der Waals surface area contributed by atoms with Gasteiger partial charge in [-0.25, -0.2) is 8.78 Å². The van der Waals surface area contributed by atoms with Gasteiger partial charge in [0.25, 0.3) is 6.43 Å². The Hall–Kier alpha value is -2.68. The molecule has 2 aliphatic rings. The van der Waals surface area contributed by atoms with E-state index in [9.17, 15) is 13.6 Å². The van der Waals surface area contributed by atoms with Crippen LogP contribution in [0, 0.1) is 0 Å². The van der Waals surface area contributed by atoms with Crippen LogP contribution in [0.1, 0.15) is 49.1 Å². The maximum absolute atomic E-state index is 13.2. The van der Waals surface area contributed by atoms with Gasteiger partial charge in [-0.1, -0.05) is 0 Å². The van der Waals surface area contributed by atoms with E-state index in [1.807, 2.05) is 4.68 Å². The Morgan fingerprint density at radius 2 is 2.10 bits per heavy atom. The molecule has 2 aliphatic heterocycles. The molecule has 0 atom stereocenters. The van der Waals surface area contributed by atoms with E-state index in [4.69, 9.17) is 15.6 Å². The lowest BCUT2D eigenvalue weighted by molar-refractivity contribution is -0.129. The van der Waals surface area contributed by atoms with Crippen molar-refractivity contribution in [3.05, 3.63) is 35.0 Å². The fraction of sp³-hybridized carbons (Fsp3) is 0.500. The summed E-state index contributed by atoms with van der Waals surface area (Å²) >= 11 is 0. The fourth-order valence-electron chi connectivity index (χ4n) is 4.02. The summed E-state index contributed by atoms with van der Waals surface area (Å²) in [7, 11) is 0. The molecular weight excluding hydrogens is 380 g/mol. The van der Waals surface area contributed by atoms with Gasteiger partial charge in [-0.05, 0) is 31.0 Å². The molecule has 0 unspecified atom stereocenters. The number of carbonyl (C=O) groups excluding carboxylic acids is 1. The number of rotatable bonds is 4. The van der Waals surface area contributed by atoms with Crippen LogP contribution in [0.25, 0.3) is 0 Å². The van der Waals surface area contributed by atoms with E-state index in [1.54, 1.807) is 17.9 Å². The SMILES string of the molecule is CC(=O)N1CCc2c(c(Nc3ccc(N)c(C(F)F)c3)nn2C2CCOCC2)C1. The maximum atomic E-state index is 13.2. The van der Waals surface area contributed by atoms with Crippen molar-refractivity contribution in [3.63, 3.8) is 0 Å². The molecule has 1 aromatic heterocycles. The number of benzene rings is 1. The number of alkyl halides is 2. The monoisotopic (exact) mass is 405 g/mol. The highest BCUT2D eigenvalue weighted by atomic mass is 19.3. The van der Waals surface area contributed by atoms with E-state index < -0.39 is 6.43 Å². The summed E-state index contributed by atoms with van der Waals surface area (Å²) in [6.07, 6.45) is -0.188. The summed E-state index contributed by atoms with van der Waals surface area (Å²) in [4.78, 5) is 13.7. The molecule has 4 rings (SSSR count).